The van der Waals surface area contributed by atoms with Crippen molar-refractivity contribution < 1.29 is 0 Å². The monoisotopic (exact) mass is 199 g/mol. The molecule has 0 N–H and O–H groups in total. The lowest BCUT2D eigenvalue weighted by atomic mass is 10.1. The quantitative estimate of drug-likeness (QED) is 0.672. The summed E-state index contributed by atoms with van der Waals surface area (Å²) < 4.78 is 0. The first kappa shape index (κ1) is 9.85. The van der Waals surface area contributed by atoms with Crippen molar-refractivity contribution in [3.63, 3.8) is 0 Å². The summed E-state index contributed by atoms with van der Waals surface area (Å²) in [6, 6.07) is 0. The van der Waals surface area contributed by atoms with Gasteiger partial charge < -0.3 is 0 Å². The molecule has 1 saturated carbocycles. The molecule has 2 aliphatic rings. The Labute approximate surface area is 86.3 Å². The fourth-order valence-corrected chi connectivity index (χ4v) is 5.17. The maximum atomic E-state index is 2.63. The van der Waals surface area contributed by atoms with Gasteiger partial charge in [-0.05, 0) is 33.2 Å². The zero-order chi connectivity index (χ0) is 9.85. The van der Waals surface area contributed by atoms with E-state index in [4.69, 9.17) is 0 Å². The maximum absolute atomic E-state index is 2.63. The van der Waals surface area contributed by atoms with E-state index in [0.717, 1.165) is 11.2 Å². The van der Waals surface area contributed by atoms with Crippen molar-refractivity contribution in [3.05, 3.63) is 0 Å². The van der Waals surface area contributed by atoms with Gasteiger partial charge in [-0.2, -0.15) is 0 Å². The Morgan fingerprint density at radius 3 is 2.38 bits per heavy atom. The molecule has 0 radical (unpaired) electrons. The van der Waals surface area contributed by atoms with Crippen molar-refractivity contribution in [1.82, 2.24) is 4.90 Å². The summed E-state index contributed by atoms with van der Waals surface area (Å²) in [6.45, 7) is 9.51. The van der Waals surface area contributed by atoms with Crippen LogP contribution < -0.4 is 0 Å². The number of rotatable bonds is 2. The number of fused-ring (bicyclic) bond motifs is 1. The van der Waals surface area contributed by atoms with Gasteiger partial charge in [-0.3, -0.25) is 4.90 Å². The normalized spacial score (nSPS) is 55.2. The molecule has 2 rings (SSSR count). The Bertz CT molecular complexity index is 230. The van der Waals surface area contributed by atoms with Crippen molar-refractivity contribution >= 4 is 11.8 Å². The standard InChI is InChI=1S/C11H21NS/c1-6-7-10(3)12(5)11(4)8(2)9(11)13-10/h8-9H,6-7H2,1-5H3. The van der Waals surface area contributed by atoms with Gasteiger partial charge in [0.1, 0.15) is 0 Å². The number of thioether (sulfide) groups is 1. The van der Waals surface area contributed by atoms with Crippen LogP contribution in [-0.2, 0) is 0 Å². The first-order chi connectivity index (χ1) is 5.97. The fourth-order valence-electron chi connectivity index (χ4n) is 2.93. The fraction of sp³-hybridized carbons (Fsp3) is 1.00. The summed E-state index contributed by atoms with van der Waals surface area (Å²) in [6.07, 6.45) is 2.62. The molecule has 2 fully saturated rings. The van der Waals surface area contributed by atoms with E-state index in [0.29, 0.717) is 10.4 Å². The van der Waals surface area contributed by atoms with Crippen molar-refractivity contribution in [2.24, 2.45) is 5.92 Å². The molecule has 1 saturated heterocycles. The third kappa shape index (κ3) is 1.05. The third-order valence-electron chi connectivity index (χ3n) is 4.37. The second-order valence-corrected chi connectivity index (χ2v) is 6.66. The lowest BCUT2D eigenvalue weighted by Gasteiger charge is -2.38. The molecule has 0 aromatic rings. The molecule has 0 aromatic heterocycles. The molecule has 4 unspecified atom stereocenters. The first-order valence-corrected chi connectivity index (χ1v) is 6.26. The Morgan fingerprint density at radius 1 is 1.38 bits per heavy atom. The molecule has 0 amide bonds. The molecule has 1 nitrogen and oxygen atoms in total. The van der Waals surface area contributed by atoms with Crippen LogP contribution in [0.5, 0.6) is 0 Å². The average molecular weight is 199 g/mol. The van der Waals surface area contributed by atoms with E-state index < -0.39 is 0 Å². The van der Waals surface area contributed by atoms with Gasteiger partial charge in [0, 0.05) is 10.8 Å². The maximum Gasteiger partial charge on any atom is 0.0647 e. The molecule has 2 heteroatoms. The minimum absolute atomic E-state index is 0.417. The SMILES string of the molecule is CCCC1(C)SC2C(C)C2(C)N1C. The lowest BCUT2D eigenvalue weighted by molar-refractivity contribution is 0.146. The van der Waals surface area contributed by atoms with Gasteiger partial charge in [-0.1, -0.05) is 20.3 Å². The number of nitrogens with zero attached hydrogens (tertiary/aromatic N) is 1. The van der Waals surface area contributed by atoms with Crippen LogP contribution >= 0.6 is 11.8 Å². The molecular weight excluding hydrogens is 178 g/mol. The summed E-state index contributed by atoms with van der Waals surface area (Å²) in [5.74, 6) is 0.896. The zero-order valence-electron chi connectivity index (χ0n) is 9.42. The van der Waals surface area contributed by atoms with E-state index in [1.165, 1.54) is 12.8 Å². The van der Waals surface area contributed by atoms with Gasteiger partial charge in [-0.15, -0.1) is 11.8 Å². The van der Waals surface area contributed by atoms with Gasteiger partial charge in [0.05, 0.1) is 4.87 Å². The molecule has 1 heterocycles. The highest BCUT2D eigenvalue weighted by Crippen LogP contribution is 2.67. The van der Waals surface area contributed by atoms with E-state index in [-0.39, 0.29) is 0 Å². The van der Waals surface area contributed by atoms with Crippen LogP contribution in [0.4, 0.5) is 0 Å². The Balaban J connectivity index is 2.15. The third-order valence-corrected chi connectivity index (χ3v) is 6.49. The summed E-state index contributed by atoms with van der Waals surface area (Å²) in [5, 5.41) is 0.897. The molecule has 1 aliphatic heterocycles. The van der Waals surface area contributed by atoms with E-state index in [9.17, 15) is 0 Å². The van der Waals surface area contributed by atoms with Crippen molar-refractivity contribution in [3.8, 4) is 0 Å². The predicted molar refractivity (Wildman–Crippen MR) is 60.0 cm³/mol. The van der Waals surface area contributed by atoms with Crippen molar-refractivity contribution in [1.29, 1.82) is 0 Å². The van der Waals surface area contributed by atoms with Gasteiger partial charge in [0.2, 0.25) is 0 Å². The second-order valence-electron chi connectivity index (χ2n) is 5.04. The summed E-state index contributed by atoms with van der Waals surface area (Å²) in [5.41, 5.74) is 0.509. The lowest BCUT2D eigenvalue weighted by Crippen LogP contribution is -2.44. The number of hydrogen-bond acceptors (Lipinski definition) is 2. The molecule has 4 atom stereocenters. The van der Waals surface area contributed by atoms with E-state index in [1.807, 2.05) is 0 Å². The van der Waals surface area contributed by atoms with Crippen molar-refractivity contribution in [2.75, 3.05) is 7.05 Å². The molecule has 76 valence electrons. The van der Waals surface area contributed by atoms with Crippen LogP contribution in [0, 0.1) is 5.92 Å². The van der Waals surface area contributed by atoms with E-state index in [2.05, 4.69) is 51.4 Å². The van der Waals surface area contributed by atoms with Gasteiger partial charge in [0.15, 0.2) is 0 Å². The Kier molecular flexibility index (Phi) is 2.02. The topological polar surface area (TPSA) is 3.24 Å². The van der Waals surface area contributed by atoms with Crippen LogP contribution in [0.1, 0.15) is 40.5 Å². The summed E-state index contributed by atoms with van der Waals surface area (Å²) in [7, 11) is 2.31. The second kappa shape index (κ2) is 2.66. The largest absolute Gasteiger partial charge is 0.285 e. The highest BCUT2D eigenvalue weighted by atomic mass is 32.2. The molecule has 0 spiro atoms. The first-order valence-electron chi connectivity index (χ1n) is 5.38. The predicted octanol–water partition coefficient (Wildman–Crippen LogP) is 2.96. The highest BCUT2D eigenvalue weighted by molar-refractivity contribution is 8.01. The van der Waals surface area contributed by atoms with Crippen LogP contribution in [0.2, 0.25) is 0 Å². The number of hydrogen-bond donors (Lipinski definition) is 0. The minimum Gasteiger partial charge on any atom is -0.285 e. The summed E-state index contributed by atoms with van der Waals surface area (Å²) >= 11 is 2.21. The smallest absolute Gasteiger partial charge is 0.0647 e. The van der Waals surface area contributed by atoms with Crippen LogP contribution in [0.25, 0.3) is 0 Å². The van der Waals surface area contributed by atoms with Crippen LogP contribution in [-0.4, -0.2) is 27.6 Å². The Morgan fingerprint density at radius 2 is 2.00 bits per heavy atom. The van der Waals surface area contributed by atoms with Crippen LogP contribution in [0.3, 0.4) is 0 Å². The highest BCUT2D eigenvalue weighted by Gasteiger charge is 2.70. The molecule has 1 aliphatic carbocycles. The van der Waals surface area contributed by atoms with E-state index >= 15 is 0 Å². The molecule has 0 bridgehead atoms. The minimum atomic E-state index is 0.417. The van der Waals surface area contributed by atoms with E-state index in [1.54, 1.807) is 0 Å². The molecule has 0 aromatic carbocycles. The Hall–Kier alpha value is 0.310. The van der Waals surface area contributed by atoms with Crippen LogP contribution in [0.15, 0.2) is 0 Å². The van der Waals surface area contributed by atoms with Gasteiger partial charge in [0.25, 0.3) is 0 Å². The average Bonchev–Trinajstić information content (AvgIpc) is 2.49. The van der Waals surface area contributed by atoms with Crippen molar-refractivity contribution in [2.45, 2.75) is 56.2 Å². The molecular formula is C11H21NS. The summed E-state index contributed by atoms with van der Waals surface area (Å²) in [4.78, 5) is 3.05. The van der Waals surface area contributed by atoms with Gasteiger partial charge in [-0.25, -0.2) is 0 Å². The van der Waals surface area contributed by atoms with Gasteiger partial charge >= 0.3 is 0 Å². The molecule has 13 heavy (non-hydrogen) atoms. The zero-order valence-corrected chi connectivity index (χ0v) is 10.2.